The van der Waals surface area contributed by atoms with E-state index in [1.807, 2.05) is 36.6 Å². The third kappa shape index (κ3) is 4.75. The van der Waals surface area contributed by atoms with Gasteiger partial charge in [-0.15, -0.1) is 10.2 Å². The fourth-order valence-electron chi connectivity index (χ4n) is 3.26. The van der Waals surface area contributed by atoms with Crippen molar-refractivity contribution >= 4 is 23.5 Å². The molecule has 4 rings (SSSR count). The van der Waals surface area contributed by atoms with Gasteiger partial charge in [-0.05, 0) is 36.1 Å². The Labute approximate surface area is 181 Å². The number of aromatic nitrogens is 2. The summed E-state index contributed by atoms with van der Waals surface area (Å²) in [7, 11) is 0. The van der Waals surface area contributed by atoms with Crippen LogP contribution < -0.4 is 4.90 Å². The van der Waals surface area contributed by atoms with Crippen LogP contribution in [0.15, 0.2) is 59.0 Å². The lowest BCUT2D eigenvalue weighted by Gasteiger charge is -2.39. The molecule has 2 aromatic carbocycles. The van der Waals surface area contributed by atoms with E-state index in [1.54, 1.807) is 41.1 Å². The first-order valence-corrected chi connectivity index (χ1v) is 10.7. The molecular weight excluding hydrogens is 429 g/mol. The first-order valence-electron chi connectivity index (χ1n) is 9.50. The van der Waals surface area contributed by atoms with E-state index >= 15 is 0 Å². The number of anilines is 1. The van der Waals surface area contributed by atoms with Gasteiger partial charge in [0.2, 0.25) is 11.8 Å². The van der Waals surface area contributed by atoms with Crippen LogP contribution in [0.5, 0.6) is 0 Å². The van der Waals surface area contributed by atoms with E-state index in [0.717, 1.165) is 11.3 Å². The van der Waals surface area contributed by atoms with Gasteiger partial charge in [-0.2, -0.15) is 13.2 Å². The maximum absolute atomic E-state index is 13.1. The first kappa shape index (κ1) is 21.4. The zero-order valence-corrected chi connectivity index (χ0v) is 17.4. The van der Waals surface area contributed by atoms with Crippen LogP contribution in [-0.4, -0.2) is 39.8 Å². The molecule has 2 heterocycles. The second-order valence-corrected chi connectivity index (χ2v) is 7.97. The molecule has 1 aliphatic heterocycles. The van der Waals surface area contributed by atoms with E-state index in [-0.39, 0.29) is 17.7 Å². The molecule has 1 saturated heterocycles. The summed E-state index contributed by atoms with van der Waals surface area (Å²) < 4.78 is 44.9. The van der Waals surface area contributed by atoms with Gasteiger partial charge in [-0.25, -0.2) is 4.31 Å². The average molecular weight is 448 g/mol. The molecule has 162 valence electrons. The van der Waals surface area contributed by atoms with Crippen molar-refractivity contribution in [3.8, 4) is 11.5 Å². The zero-order valence-electron chi connectivity index (χ0n) is 16.5. The van der Waals surface area contributed by atoms with Gasteiger partial charge in [0.25, 0.3) is 0 Å². The standard InChI is InChI=1S/C21H19F3N4O2S/c1-31-27-12-16(13-27)19(29)28(17-5-3-2-4-6-17)11-14-7-9-15(10-8-14)18-25-26-20(30-18)21(22,23)24/h2-10,16H,11-13H2,1H3. The third-order valence-corrected chi connectivity index (χ3v) is 5.81. The van der Waals surface area contributed by atoms with E-state index in [9.17, 15) is 18.0 Å². The van der Waals surface area contributed by atoms with Crippen LogP contribution in [0.25, 0.3) is 11.5 Å². The summed E-state index contributed by atoms with van der Waals surface area (Å²) >= 11 is 1.62. The van der Waals surface area contributed by atoms with Crippen LogP contribution in [0.2, 0.25) is 0 Å². The van der Waals surface area contributed by atoms with Gasteiger partial charge in [0, 0.05) is 24.3 Å². The minimum absolute atomic E-state index is 0.0484. The van der Waals surface area contributed by atoms with Crippen molar-refractivity contribution < 1.29 is 22.4 Å². The Hall–Kier alpha value is -2.85. The van der Waals surface area contributed by atoms with Crippen LogP contribution >= 0.6 is 11.9 Å². The van der Waals surface area contributed by atoms with E-state index in [4.69, 9.17) is 4.42 Å². The van der Waals surface area contributed by atoms with Crippen molar-refractivity contribution in [2.45, 2.75) is 12.7 Å². The van der Waals surface area contributed by atoms with Crippen molar-refractivity contribution in [1.82, 2.24) is 14.5 Å². The Morgan fingerprint density at radius 1 is 1.13 bits per heavy atom. The summed E-state index contributed by atoms with van der Waals surface area (Å²) in [4.78, 5) is 14.9. The maximum atomic E-state index is 13.1. The molecule has 1 aromatic heterocycles. The summed E-state index contributed by atoms with van der Waals surface area (Å²) in [5.41, 5.74) is 2.00. The molecule has 0 N–H and O–H groups in total. The summed E-state index contributed by atoms with van der Waals surface area (Å²) in [5.74, 6) is -1.60. The largest absolute Gasteiger partial charge is 0.470 e. The van der Waals surface area contributed by atoms with Gasteiger partial charge in [-0.1, -0.05) is 42.3 Å². The molecule has 0 spiro atoms. The molecule has 3 aromatic rings. The second kappa shape index (κ2) is 8.72. The quantitative estimate of drug-likeness (QED) is 0.518. The van der Waals surface area contributed by atoms with Gasteiger partial charge in [-0.3, -0.25) is 4.79 Å². The number of para-hydroxylation sites is 1. The molecule has 0 unspecified atom stereocenters. The summed E-state index contributed by atoms with van der Waals surface area (Å²) in [6, 6.07) is 16.1. The lowest BCUT2D eigenvalue weighted by molar-refractivity contribution is -0.157. The van der Waals surface area contributed by atoms with Crippen LogP contribution in [0.3, 0.4) is 0 Å². The molecule has 0 radical (unpaired) electrons. The van der Waals surface area contributed by atoms with Gasteiger partial charge >= 0.3 is 12.1 Å². The summed E-state index contributed by atoms with van der Waals surface area (Å²) in [6.07, 6.45) is -2.70. The van der Waals surface area contributed by atoms with E-state index in [2.05, 4.69) is 14.5 Å². The number of benzene rings is 2. The fourth-order valence-corrected chi connectivity index (χ4v) is 3.92. The Morgan fingerprint density at radius 2 is 1.81 bits per heavy atom. The van der Waals surface area contributed by atoms with Crippen LogP contribution in [0, 0.1) is 5.92 Å². The van der Waals surface area contributed by atoms with E-state index < -0.39 is 12.1 Å². The molecule has 0 bridgehead atoms. The summed E-state index contributed by atoms with van der Waals surface area (Å²) in [5, 5.41) is 6.51. The third-order valence-electron chi connectivity index (χ3n) is 5.00. The first-order chi connectivity index (χ1) is 14.8. The number of hydrogen-bond donors (Lipinski definition) is 0. The van der Waals surface area contributed by atoms with Crippen molar-refractivity contribution in [3.05, 3.63) is 66.1 Å². The number of carbonyl (C=O) groups is 1. The van der Waals surface area contributed by atoms with Gasteiger partial charge in [0.05, 0.1) is 12.5 Å². The molecule has 0 aliphatic carbocycles. The smallest absolute Gasteiger partial charge is 0.413 e. The SMILES string of the molecule is CSN1CC(C(=O)N(Cc2ccc(-c3nnc(C(F)(F)F)o3)cc2)c2ccccc2)C1. The number of amides is 1. The van der Waals surface area contributed by atoms with Crippen molar-refractivity contribution in [3.63, 3.8) is 0 Å². The van der Waals surface area contributed by atoms with Crippen molar-refractivity contribution in [2.24, 2.45) is 5.92 Å². The Bertz CT molecular complexity index is 1030. The maximum Gasteiger partial charge on any atom is 0.470 e. The van der Waals surface area contributed by atoms with Gasteiger partial charge in [0.15, 0.2) is 0 Å². The van der Waals surface area contributed by atoms with Crippen LogP contribution in [0.1, 0.15) is 11.5 Å². The molecule has 31 heavy (non-hydrogen) atoms. The van der Waals surface area contributed by atoms with Crippen molar-refractivity contribution in [2.75, 3.05) is 24.2 Å². The monoisotopic (exact) mass is 448 g/mol. The van der Waals surface area contributed by atoms with E-state index in [0.29, 0.717) is 25.2 Å². The Kier molecular flexibility index (Phi) is 6.01. The molecule has 0 atom stereocenters. The molecule has 1 aliphatic rings. The fraction of sp³-hybridized carbons (Fsp3) is 0.286. The highest BCUT2D eigenvalue weighted by Crippen LogP contribution is 2.31. The molecule has 1 amide bonds. The highest BCUT2D eigenvalue weighted by Gasteiger charge is 2.38. The molecule has 10 heteroatoms. The topological polar surface area (TPSA) is 62.5 Å². The highest BCUT2D eigenvalue weighted by molar-refractivity contribution is 7.96. The minimum Gasteiger partial charge on any atom is -0.413 e. The summed E-state index contributed by atoms with van der Waals surface area (Å²) in [6.45, 7) is 1.76. The predicted molar refractivity (Wildman–Crippen MR) is 111 cm³/mol. The normalized spacial score (nSPS) is 15.0. The lowest BCUT2D eigenvalue weighted by atomic mass is 10.0. The Morgan fingerprint density at radius 3 is 2.39 bits per heavy atom. The van der Waals surface area contributed by atoms with Gasteiger partial charge in [0.1, 0.15) is 0 Å². The lowest BCUT2D eigenvalue weighted by Crippen LogP contribution is -2.51. The van der Waals surface area contributed by atoms with Crippen LogP contribution in [-0.2, 0) is 17.5 Å². The number of alkyl halides is 3. The second-order valence-electron chi connectivity index (χ2n) is 7.09. The number of halogens is 3. The number of carbonyl (C=O) groups excluding carboxylic acids is 1. The molecular formula is C21H19F3N4O2S. The van der Waals surface area contributed by atoms with Gasteiger partial charge < -0.3 is 9.32 Å². The highest BCUT2D eigenvalue weighted by atomic mass is 32.2. The zero-order chi connectivity index (χ0) is 22.0. The minimum atomic E-state index is -4.69. The molecule has 0 saturated carbocycles. The average Bonchev–Trinajstić information content (AvgIpc) is 3.23. The van der Waals surface area contributed by atoms with Crippen molar-refractivity contribution in [1.29, 1.82) is 0 Å². The van der Waals surface area contributed by atoms with E-state index in [1.165, 1.54) is 0 Å². The Balaban J connectivity index is 1.52. The number of hydrogen-bond acceptors (Lipinski definition) is 6. The molecule has 1 fully saturated rings. The molecule has 6 nitrogen and oxygen atoms in total. The predicted octanol–water partition coefficient (Wildman–Crippen LogP) is 4.50. The van der Waals surface area contributed by atoms with Crippen LogP contribution in [0.4, 0.5) is 18.9 Å². The number of rotatable bonds is 6. The number of nitrogens with zero attached hydrogens (tertiary/aromatic N) is 4.